The van der Waals surface area contributed by atoms with Crippen molar-refractivity contribution < 1.29 is 4.39 Å². The summed E-state index contributed by atoms with van der Waals surface area (Å²) in [7, 11) is 0. The Labute approximate surface area is 109 Å². The van der Waals surface area contributed by atoms with Gasteiger partial charge in [-0.15, -0.1) is 0 Å². The number of nitrogens with zero attached hydrogens (tertiary/aromatic N) is 1. The summed E-state index contributed by atoms with van der Waals surface area (Å²) < 4.78 is 13.0. The minimum atomic E-state index is -0.359. The highest BCUT2D eigenvalue weighted by Gasteiger charge is 2.22. The number of hydrogen-bond donors (Lipinski definition) is 1. The van der Waals surface area contributed by atoms with Crippen molar-refractivity contribution in [1.29, 1.82) is 5.26 Å². The third-order valence-electron chi connectivity index (χ3n) is 3.53. The zero-order chi connectivity index (χ0) is 13.4. The minimum Gasteiger partial charge on any atom is -0.321 e. The highest BCUT2D eigenvalue weighted by atomic mass is 19.1. The van der Waals surface area contributed by atoms with Crippen LogP contribution in [0.2, 0.25) is 0 Å². The molecule has 1 aliphatic rings. The number of hydrogen-bond acceptors (Lipinski definition) is 2. The maximum absolute atomic E-state index is 13.0. The molecule has 3 rings (SSSR count). The summed E-state index contributed by atoms with van der Waals surface area (Å²) in [5, 5.41) is 9.06. The molecule has 0 unspecified atom stereocenters. The number of pyridine rings is 1. The number of fused-ring (bicyclic) bond motifs is 1. The molecule has 2 aromatic rings. The fourth-order valence-electron chi connectivity index (χ4n) is 2.67. The zero-order valence-electron chi connectivity index (χ0n) is 10.2. The lowest BCUT2D eigenvalue weighted by Gasteiger charge is -2.09. The molecular formula is C15H11FN2O. The van der Waals surface area contributed by atoms with Crippen LogP contribution in [-0.4, -0.2) is 4.98 Å². The van der Waals surface area contributed by atoms with Crippen molar-refractivity contribution in [2.45, 2.75) is 19.3 Å². The monoisotopic (exact) mass is 254 g/mol. The van der Waals surface area contributed by atoms with Crippen LogP contribution in [0.5, 0.6) is 0 Å². The van der Waals surface area contributed by atoms with Gasteiger partial charge >= 0.3 is 0 Å². The van der Waals surface area contributed by atoms with Gasteiger partial charge in [0.15, 0.2) is 0 Å². The van der Waals surface area contributed by atoms with Gasteiger partial charge in [0.1, 0.15) is 17.4 Å². The molecule has 1 heterocycles. The second-order valence-corrected chi connectivity index (χ2v) is 4.63. The average Bonchev–Trinajstić information content (AvgIpc) is 2.88. The molecule has 0 saturated carbocycles. The van der Waals surface area contributed by atoms with Gasteiger partial charge in [-0.2, -0.15) is 5.26 Å². The number of nitriles is 1. The number of nitrogens with one attached hydrogen (secondary N) is 1. The predicted molar refractivity (Wildman–Crippen MR) is 69.2 cm³/mol. The fraction of sp³-hybridized carbons (Fsp3) is 0.200. The van der Waals surface area contributed by atoms with Crippen LogP contribution in [0.1, 0.15) is 23.1 Å². The lowest BCUT2D eigenvalue weighted by molar-refractivity contribution is 0.628. The molecule has 1 N–H and O–H groups in total. The molecular weight excluding hydrogens is 243 g/mol. The molecule has 94 valence electrons. The van der Waals surface area contributed by atoms with Gasteiger partial charge in [-0.3, -0.25) is 4.79 Å². The number of aromatic nitrogens is 1. The quantitative estimate of drug-likeness (QED) is 0.850. The summed E-state index contributed by atoms with van der Waals surface area (Å²) in [6.07, 6.45) is 2.54. The molecule has 1 aromatic carbocycles. The zero-order valence-corrected chi connectivity index (χ0v) is 10.2. The summed E-state index contributed by atoms with van der Waals surface area (Å²) in [6, 6.07) is 8.00. The first-order valence-corrected chi connectivity index (χ1v) is 6.15. The molecule has 0 radical (unpaired) electrons. The van der Waals surface area contributed by atoms with Gasteiger partial charge in [-0.25, -0.2) is 4.39 Å². The Balaban J connectivity index is 2.27. The molecule has 0 spiro atoms. The van der Waals surface area contributed by atoms with Crippen LogP contribution in [-0.2, 0) is 12.8 Å². The van der Waals surface area contributed by atoms with Crippen LogP contribution in [0.4, 0.5) is 4.39 Å². The molecule has 19 heavy (non-hydrogen) atoms. The van der Waals surface area contributed by atoms with E-state index < -0.39 is 0 Å². The number of H-pyrrole nitrogens is 1. The summed E-state index contributed by atoms with van der Waals surface area (Å²) in [5.74, 6) is -0.309. The van der Waals surface area contributed by atoms with E-state index in [0.717, 1.165) is 41.6 Å². The molecule has 4 heteroatoms. The third-order valence-corrected chi connectivity index (χ3v) is 3.53. The van der Waals surface area contributed by atoms with Crippen LogP contribution in [0, 0.1) is 17.1 Å². The Morgan fingerprint density at radius 3 is 2.53 bits per heavy atom. The van der Waals surface area contributed by atoms with Crippen molar-refractivity contribution in [3.63, 3.8) is 0 Å². The minimum absolute atomic E-state index is 0.221. The molecule has 0 fully saturated rings. The van der Waals surface area contributed by atoms with Crippen LogP contribution in [0.15, 0.2) is 29.1 Å². The molecule has 0 bridgehead atoms. The van der Waals surface area contributed by atoms with E-state index in [9.17, 15) is 9.18 Å². The van der Waals surface area contributed by atoms with Crippen LogP contribution >= 0.6 is 0 Å². The van der Waals surface area contributed by atoms with Gasteiger partial charge in [0.25, 0.3) is 5.56 Å². The first-order valence-electron chi connectivity index (χ1n) is 6.15. The van der Waals surface area contributed by atoms with Gasteiger partial charge < -0.3 is 4.98 Å². The van der Waals surface area contributed by atoms with Crippen molar-refractivity contribution in [3.05, 3.63) is 57.1 Å². The Kier molecular flexibility index (Phi) is 2.68. The van der Waals surface area contributed by atoms with E-state index in [0.29, 0.717) is 0 Å². The molecule has 1 aliphatic carbocycles. The molecule has 0 atom stereocenters. The van der Waals surface area contributed by atoms with Gasteiger partial charge in [0, 0.05) is 0 Å². The van der Waals surface area contributed by atoms with Crippen molar-refractivity contribution >= 4 is 0 Å². The van der Waals surface area contributed by atoms with Crippen molar-refractivity contribution in [1.82, 2.24) is 4.98 Å². The van der Waals surface area contributed by atoms with E-state index >= 15 is 0 Å². The number of benzene rings is 1. The first kappa shape index (κ1) is 11.7. The average molecular weight is 254 g/mol. The van der Waals surface area contributed by atoms with E-state index in [1.54, 1.807) is 12.1 Å². The fourth-order valence-corrected chi connectivity index (χ4v) is 2.67. The number of halogens is 1. The van der Waals surface area contributed by atoms with E-state index in [2.05, 4.69) is 4.98 Å². The number of aromatic amines is 1. The molecule has 0 saturated heterocycles. The number of rotatable bonds is 1. The molecule has 0 amide bonds. The van der Waals surface area contributed by atoms with E-state index in [1.165, 1.54) is 12.1 Å². The van der Waals surface area contributed by atoms with Gasteiger partial charge in [-0.1, -0.05) is 0 Å². The largest absolute Gasteiger partial charge is 0.321 e. The second kappa shape index (κ2) is 4.36. The summed E-state index contributed by atoms with van der Waals surface area (Å²) in [5.41, 5.74) is 3.23. The Morgan fingerprint density at radius 1 is 1.16 bits per heavy atom. The van der Waals surface area contributed by atoms with Crippen LogP contribution in [0.3, 0.4) is 0 Å². The van der Waals surface area contributed by atoms with Crippen molar-refractivity contribution in [2.24, 2.45) is 0 Å². The molecule has 3 nitrogen and oxygen atoms in total. The van der Waals surface area contributed by atoms with Gasteiger partial charge in [-0.05, 0) is 60.2 Å². The highest BCUT2D eigenvalue weighted by Crippen LogP contribution is 2.31. The van der Waals surface area contributed by atoms with Crippen LogP contribution in [0.25, 0.3) is 11.3 Å². The highest BCUT2D eigenvalue weighted by molar-refractivity contribution is 5.67. The third kappa shape index (κ3) is 1.84. The van der Waals surface area contributed by atoms with Gasteiger partial charge in [0.2, 0.25) is 0 Å². The van der Waals surface area contributed by atoms with E-state index in [-0.39, 0.29) is 16.9 Å². The first-order chi connectivity index (χ1) is 9.20. The standard InChI is InChI=1S/C15H11FN2O/c16-10-6-4-9(5-7-10)14-12-3-1-2-11(12)13(8-17)15(19)18-14/h4-7H,1-3H2,(H,18,19). The maximum atomic E-state index is 13.0. The van der Waals surface area contributed by atoms with Crippen molar-refractivity contribution in [2.75, 3.05) is 0 Å². The van der Waals surface area contributed by atoms with E-state index in [1.807, 2.05) is 6.07 Å². The Bertz CT molecular complexity index is 738. The lowest BCUT2D eigenvalue weighted by Crippen LogP contribution is -2.15. The normalized spacial score (nSPS) is 13.1. The molecule has 1 aromatic heterocycles. The smallest absolute Gasteiger partial charge is 0.266 e. The Morgan fingerprint density at radius 2 is 1.84 bits per heavy atom. The van der Waals surface area contributed by atoms with Crippen LogP contribution < -0.4 is 5.56 Å². The predicted octanol–water partition coefficient (Wildman–Crippen LogP) is 2.54. The Hall–Kier alpha value is -2.41. The summed E-state index contributed by atoms with van der Waals surface area (Å²) in [6.45, 7) is 0. The SMILES string of the molecule is N#Cc1c2c(c(-c3ccc(F)cc3)[nH]c1=O)CCC2. The topological polar surface area (TPSA) is 56.6 Å². The van der Waals surface area contributed by atoms with Gasteiger partial charge in [0.05, 0.1) is 5.69 Å². The second-order valence-electron chi connectivity index (χ2n) is 4.63. The summed E-state index contributed by atoms with van der Waals surface area (Å²) in [4.78, 5) is 14.7. The maximum Gasteiger partial charge on any atom is 0.266 e. The van der Waals surface area contributed by atoms with E-state index in [4.69, 9.17) is 5.26 Å². The molecule has 0 aliphatic heterocycles. The summed E-state index contributed by atoms with van der Waals surface area (Å²) >= 11 is 0. The lowest BCUT2D eigenvalue weighted by atomic mass is 10.00. The van der Waals surface area contributed by atoms with Crippen molar-refractivity contribution in [3.8, 4) is 17.3 Å².